The first-order chi connectivity index (χ1) is 11.5. The van der Waals surface area contributed by atoms with Gasteiger partial charge in [0.05, 0.1) is 43.3 Å². The fourth-order valence-electron chi connectivity index (χ4n) is 2.04. The molecule has 8 heteroatoms. The zero-order chi connectivity index (χ0) is 17.7. The number of anilines is 1. The molecule has 2 aromatic rings. The fraction of sp³-hybridized carbons (Fsp3) is 0.188. The minimum Gasteiger partial charge on any atom is -0.493 e. The number of ether oxygens (including phenoxy) is 3. The average Bonchev–Trinajstić information content (AvgIpc) is 2.56. The second kappa shape index (κ2) is 8.33. The highest BCUT2D eigenvalue weighted by molar-refractivity contribution is 6.41. The van der Waals surface area contributed by atoms with Crippen LogP contribution in [0.2, 0.25) is 15.1 Å². The maximum atomic E-state index is 6.10. The number of hydrogen-bond donors (Lipinski definition) is 1. The van der Waals surface area contributed by atoms with Crippen LogP contribution in [0.25, 0.3) is 0 Å². The molecule has 128 valence electrons. The van der Waals surface area contributed by atoms with E-state index in [-0.39, 0.29) is 0 Å². The van der Waals surface area contributed by atoms with Crippen LogP contribution >= 0.6 is 34.8 Å². The molecule has 0 bridgehead atoms. The molecule has 0 aliphatic heterocycles. The number of rotatable bonds is 6. The molecule has 2 rings (SSSR count). The van der Waals surface area contributed by atoms with Gasteiger partial charge in [-0.1, -0.05) is 34.8 Å². The predicted octanol–water partition coefficient (Wildman–Crippen LogP) is 5.12. The summed E-state index contributed by atoms with van der Waals surface area (Å²) in [6, 6.07) is 6.69. The van der Waals surface area contributed by atoms with E-state index in [1.807, 2.05) is 0 Å². The number of hydrogen-bond acceptors (Lipinski definition) is 5. The molecule has 0 spiro atoms. The Balaban J connectivity index is 2.30. The second-order valence-corrected chi connectivity index (χ2v) is 5.79. The largest absolute Gasteiger partial charge is 0.493 e. The van der Waals surface area contributed by atoms with Crippen LogP contribution in [0.5, 0.6) is 17.2 Å². The highest BCUT2D eigenvalue weighted by Crippen LogP contribution is 2.39. The van der Waals surface area contributed by atoms with Crippen molar-refractivity contribution in [3.63, 3.8) is 0 Å². The number of halogens is 3. The van der Waals surface area contributed by atoms with Crippen molar-refractivity contribution < 1.29 is 14.2 Å². The smallest absolute Gasteiger partial charge is 0.203 e. The molecule has 0 radical (unpaired) electrons. The lowest BCUT2D eigenvalue weighted by Crippen LogP contribution is -1.99. The van der Waals surface area contributed by atoms with E-state index in [0.717, 1.165) is 0 Å². The monoisotopic (exact) mass is 388 g/mol. The SMILES string of the molecule is COc1ccc(C=NNc2c(Cl)cc(Cl)cc2Cl)c(OC)c1OC. The van der Waals surface area contributed by atoms with Gasteiger partial charge in [-0.25, -0.2) is 0 Å². The Hall–Kier alpha value is -1.82. The van der Waals surface area contributed by atoms with Crippen LogP contribution in [0.3, 0.4) is 0 Å². The highest BCUT2D eigenvalue weighted by atomic mass is 35.5. The first-order valence-electron chi connectivity index (χ1n) is 6.74. The summed E-state index contributed by atoms with van der Waals surface area (Å²) < 4.78 is 15.9. The molecule has 0 saturated heterocycles. The van der Waals surface area contributed by atoms with Gasteiger partial charge in [-0.2, -0.15) is 5.10 Å². The molecule has 0 aliphatic rings. The first kappa shape index (κ1) is 18.5. The van der Waals surface area contributed by atoms with E-state index in [0.29, 0.717) is 43.6 Å². The second-order valence-electron chi connectivity index (χ2n) is 4.54. The van der Waals surface area contributed by atoms with Crippen LogP contribution in [-0.2, 0) is 0 Å². The molecule has 0 unspecified atom stereocenters. The van der Waals surface area contributed by atoms with Crippen LogP contribution < -0.4 is 19.6 Å². The maximum Gasteiger partial charge on any atom is 0.203 e. The minimum absolute atomic E-state index is 0.365. The third kappa shape index (κ3) is 3.98. The Morgan fingerprint density at radius 3 is 2.08 bits per heavy atom. The summed E-state index contributed by atoms with van der Waals surface area (Å²) in [6.07, 6.45) is 1.56. The standard InChI is InChI=1S/C16H15Cl3N2O3/c1-22-13-5-4-9(15(23-2)16(13)24-3)8-20-21-14-11(18)6-10(17)7-12(14)19/h4-8,21H,1-3H3. The molecule has 2 aromatic carbocycles. The molecular formula is C16H15Cl3N2O3. The van der Waals surface area contributed by atoms with Crippen molar-refractivity contribution >= 4 is 46.7 Å². The van der Waals surface area contributed by atoms with Crippen LogP contribution in [-0.4, -0.2) is 27.5 Å². The van der Waals surface area contributed by atoms with E-state index < -0.39 is 0 Å². The van der Waals surface area contributed by atoms with Gasteiger partial charge in [0.25, 0.3) is 0 Å². The first-order valence-corrected chi connectivity index (χ1v) is 7.87. The molecule has 0 heterocycles. The van der Waals surface area contributed by atoms with Gasteiger partial charge < -0.3 is 14.2 Å². The van der Waals surface area contributed by atoms with Crippen LogP contribution in [0.1, 0.15) is 5.56 Å². The predicted molar refractivity (Wildman–Crippen MR) is 98.8 cm³/mol. The lowest BCUT2D eigenvalue weighted by Gasteiger charge is -2.13. The number of hydrazone groups is 1. The summed E-state index contributed by atoms with van der Waals surface area (Å²) in [5, 5.41) is 5.31. The van der Waals surface area contributed by atoms with Crippen LogP contribution in [0, 0.1) is 0 Å². The number of nitrogens with one attached hydrogen (secondary N) is 1. The zero-order valence-corrected chi connectivity index (χ0v) is 15.5. The lowest BCUT2D eigenvalue weighted by atomic mass is 10.2. The van der Waals surface area contributed by atoms with E-state index in [9.17, 15) is 0 Å². The van der Waals surface area contributed by atoms with Gasteiger partial charge in [-0.3, -0.25) is 5.43 Å². The normalized spacial score (nSPS) is 10.8. The molecule has 0 aromatic heterocycles. The summed E-state index contributed by atoms with van der Waals surface area (Å²) in [5.74, 6) is 1.53. The van der Waals surface area contributed by atoms with Crippen molar-refractivity contribution in [2.24, 2.45) is 5.10 Å². The maximum absolute atomic E-state index is 6.10. The van der Waals surface area contributed by atoms with Crippen molar-refractivity contribution in [1.82, 2.24) is 0 Å². The Kier molecular flexibility index (Phi) is 6.43. The Bertz CT molecular complexity index is 743. The lowest BCUT2D eigenvalue weighted by molar-refractivity contribution is 0.324. The summed E-state index contributed by atoms with van der Waals surface area (Å²) in [7, 11) is 4.62. The number of benzene rings is 2. The summed E-state index contributed by atoms with van der Waals surface area (Å²) >= 11 is 18.1. The van der Waals surface area contributed by atoms with Gasteiger partial charge in [0.15, 0.2) is 11.5 Å². The van der Waals surface area contributed by atoms with E-state index in [2.05, 4.69) is 10.5 Å². The van der Waals surface area contributed by atoms with Crippen LogP contribution in [0.15, 0.2) is 29.4 Å². The Morgan fingerprint density at radius 2 is 1.54 bits per heavy atom. The van der Waals surface area contributed by atoms with Crippen LogP contribution in [0.4, 0.5) is 5.69 Å². The Labute approximate surface area is 155 Å². The summed E-state index contributed by atoms with van der Waals surface area (Å²) in [5.41, 5.74) is 3.93. The third-order valence-corrected chi connectivity index (χ3v) is 3.94. The van der Waals surface area contributed by atoms with Crippen molar-refractivity contribution in [1.29, 1.82) is 0 Å². The van der Waals surface area contributed by atoms with Crippen molar-refractivity contribution in [3.8, 4) is 17.2 Å². The molecule has 0 atom stereocenters. The number of methoxy groups -OCH3 is 3. The molecule has 0 saturated carbocycles. The molecule has 1 N–H and O–H groups in total. The topological polar surface area (TPSA) is 52.1 Å². The van der Waals surface area contributed by atoms with Gasteiger partial charge >= 0.3 is 0 Å². The summed E-state index contributed by atoms with van der Waals surface area (Å²) in [6.45, 7) is 0. The van der Waals surface area contributed by atoms with Gasteiger partial charge in [0.2, 0.25) is 5.75 Å². The molecule has 24 heavy (non-hydrogen) atoms. The molecule has 0 amide bonds. The highest BCUT2D eigenvalue weighted by Gasteiger charge is 2.14. The van der Waals surface area contributed by atoms with Crippen molar-refractivity contribution in [3.05, 3.63) is 44.9 Å². The van der Waals surface area contributed by atoms with Gasteiger partial charge in [-0.05, 0) is 24.3 Å². The third-order valence-electron chi connectivity index (χ3n) is 3.12. The Morgan fingerprint density at radius 1 is 0.917 bits per heavy atom. The minimum atomic E-state index is 0.365. The van der Waals surface area contributed by atoms with E-state index in [1.54, 1.807) is 37.6 Å². The van der Waals surface area contributed by atoms with E-state index in [4.69, 9.17) is 49.0 Å². The van der Waals surface area contributed by atoms with E-state index >= 15 is 0 Å². The van der Waals surface area contributed by atoms with Gasteiger partial charge in [-0.15, -0.1) is 0 Å². The van der Waals surface area contributed by atoms with E-state index in [1.165, 1.54) is 14.2 Å². The quantitative estimate of drug-likeness (QED) is 0.550. The average molecular weight is 390 g/mol. The molecule has 0 fully saturated rings. The molecule has 5 nitrogen and oxygen atoms in total. The molecule has 0 aliphatic carbocycles. The fourth-order valence-corrected chi connectivity index (χ4v) is 2.94. The van der Waals surface area contributed by atoms with Gasteiger partial charge in [0.1, 0.15) is 0 Å². The molecular weight excluding hydrogens is 375 g/mol. The zero-order valence-electron chi connectivity index (χ0n) is 13.2. The number of nitrogens with zero attached hydrogens (tertiary/aromatic N) is 1. The summed E-state index contributed by atoms with van der Waals surface area (Å²) in [4.78, 5) is 0. The van der Waals surface area contributed by atoms with Crippen molar-refractivity contribution in [2.75, 3.05) is 26.8 Å². The van der Waals surface area contributed by atoms with Gasteiger partial charge in [0, 0.05) is 10.6 Å². The van der Waals surface area contributed by atoms with Crippen molar-refractivity contribution in [2.45, 2.75) is 0 Å².